The zero-order chi connectivity index (χ0) is 17.8. The maximum Gasteiger partial charge on any atom is 0.336 e. The fourth-order valence-electron chi connectivity index (χ4n) is 5.07. The van der Waals surface area contributed by atoms with Gasteiger partial charge in [0.15, 0.2) is 0 Å². The molecule has 1 N–H and O–H groups in total. The van der Waals surface area contributed by atoms with Crippen molar-refractivity contribution in [3.8, 4) is 11.5 Å². The van der Waals surface area contributed by atoms with Crippen LogP contribution in [0.3, 0.4) is 0 Å². The van der Waals surface area contributed by atoms with E-state index < -0.39 is 22.9 Å². The molecular formula is C20H22O5. The Morgan fingerprint density at radius 3 is 2.64 bits per heavy atom. The Hall–Kier alpha value is -2.01. The lowest BCUT2D eigenvalue weighted by Gasteiger charge is -2.62. The maximum atomic E-state index is 11.7. The summed E-state index contributed by atoms with van der Waals surface area (Å²) in [7, 11) is 0. The molecule has 2 aromatic rings. The van der Waals surface area contributed by atoms with Crippen molar-refractivity contribution in [1.29, 1.82) is 0 Å². The van der Waals surface area contributed by atoms with Crippen molar-refractivity contribution in [2.24, 2.45) is 5.41 Å². The van der Waals surface area contributed by atoms with Crippen molar-refractivity contribution in [3.63, 3.8) is 0 Å². The predicted octanol–water partition coefficient (Wildman–Crippen LogP) is 3.36. The summed E-state index contributed by atoms with van der Waals surface area (Å²) in [6.07, 6.45) is 1.06. The van der Waals surface area contributed by atoms with Crippen LogP contribution in [-0.4, -0.2) is 22.4 Å². The van der Waals surface area contributed by atoms with Gasteiger partial charge in [0.2, 0.25) is 0 Å². The summed E-state index contributed by atoms with van der Waals surface area (Å²) >= 11 is 0. The van der Waals surface area contributed by atoms with Crippen LogP contribution in [0.15, 0.2) is 27.4 Å². The van der Waals surface area contributed by atoms with Crippen molar-refractivity contribution in [2.45, 2.75) is 63.8 Å². The molecule has 0 radical (unpaired) electrons. The van der Waals surface area contributed by atoms with Crippen molar-refractivity contribution >= 4 is 11.0 Å². The Bertz CT molecular complexity index is 974. The first-order valence-electron chi connectivity index (χ1n) is 8.83. The molecule has 1 aliphatic carbocycles. The van der Waals surface area contributed by atoms with Crippen LogP contribution in [0.5, 0.6) is 11.5 Å². The highest BCUT2D eigenvalue weighted by atomic mass is 16.5. The van der Waals surface area contributed by atoms with Gasteiger partial charge in [0.1, 0.15) is 34.4 Å². The van der Waals surface area contributed by atoms with Gasteiger partial charge in [-0.15, -0.1) is 0 Å². The van der Waals surface area contributed by atoms with Crippen LogP contribution >= 0.6 is 0 Å². The average Bonchev–Trinajstić information content (AvgIpc) is 2.51. The summed E-state index contributed by atoms with van der Waals surface area (Å²) in [5, 5.41) is 11.9. The summed E-state index contributed by atoms with van der Waals surface area (Å²) in [5.74, 6) is 1.26. The van der Waals surface area contributed by atoms with Crippen LogP contribution < -0.4 is 15.1 Å². The largest absolute Gasteiger partial charge is 0.487 e. The summed E-state index contributed by atoms with van der Waals surface area (Å²) in [5.41, 5.74) is -0.342. The second-order valence-electron chi connectivity index (χ2n) is 8.65. The minimum atomic E-state index is -0.647. The number of hydrogen-bond acceptors (Lipinski definition) is 5. The van der Waals surface area contributed by atoms with Crippen molar-refractivity contribution in [1.82, 2.24) is 0 Å². The number of aliphatic hydroxyl groups excluding tert-OH is 1. The molecule has 1 aromatic heterocycles. The summed E-state index contributed by atoms with van der Waals surface area (Å²) in [6, 6.07) is 4.92. The van der Waals surface area contributed by atoms with Gasteiger partial charge < -0.3 is 19.0 Å². The third-order valence-electron chi connectivity index (χ3n) is 7.03. The molecule has 25 heavy (non-hydrogen) atoms. The van der Waals surface area contributed by atoms with Crippen LogP contribution in [0.2, 0.25) is 0 Å². The fourth-order valence-corrected chi connectivity index (χ4v) is 5.07. The summed E-state index contributed by atoms with van der Waals surface area (Å²) in [4.78, 5) is 11.7. The average molecular weight is 342 g/mol. The number of hydrogen-bond donors (Lipinski definition) is 1. The molecule has 4 atom stereocenters. The topological polar surface area (TPSA) is 68.9 Å². The van der Waals surface area contributed by atoms with E-state index in [-0.39, 0.29) is 11.3 Å². The number of fused-ring (bicyclic) bond motifs is 3. The zero-order valence-corrected chi connectivity index (χ0v) is 14.9. The molecule has 2 bridgehead atoms. The van der Waals surface area contributed by atoms with Crippen LogP contribution in [-0.2, 0) is 0 Å². The Morgan fingerprint density at radius 1 is 1.12 bits per heavy atom. The van der Waals surface area contributed by atoms with Crippen LogP contribution in [0.25, 0.3) is 11.0 Å². The fraction of sp³-hybridized carbons (Fsp3) is 0.550. The smallest absolute Gasteiger partial charge is 0.336 e. The second kappa shape index (κ2) is 4.21. The van der Waals surface area contributed by atoms with Crippen LogP contribution in [0.1, 0.15) is 52.0 Å². The van der Waals surface area contributed by atoms with Crippen molar-refractivity contribution in [3.05, 3.63) is 34.2 Å². The molecule has 5 heteroatoms. The van der Waals surface area contributed by atoms with Crippen LogP contribution in [0, 0.1) is 5.41 Å². The minimum absolute atomic E-state index is 0.0786. The van der Waals surface area contributed by atoms with Crippen LogP contribution in [0.4, 0.5) is 0 Å². The van der Waals surface area contributed by atoms with Gasteiger partial charge in [0, 0.05) is 29.0 Å². The number of ether oxygens (including phenoxy) is 2. The predicted molar refractivity (Wildman–Crippen MR) is 92.3 cm³/mol. The lowest BCUT2D eigenvalue weighted by atomic mass is 9.51. The molecule has 0 spiro atoms. The third-order valence-corrected chi connectivity index (χ3v) is 7.03. The van der Waals surface area contributed by atoms with Gasteiger partial charge >= 0.3 is 5.63 Å². The molecule has 1 fully saturated rings. The maximum absolute atomic E-state index is 11.7. The first-order chi connectivity index (χ1) is 11.7. The molecule has 5 rings (SSSR count). The lowest BCUT2D eigenvalue weighted by Crippen LogP contribution is -2.66. The number of rotatable bonds is 0. The Labute approximate surface area is 145 Å². The molecule has 5 nitrogen and oxygen atoms in total. The molecule has 0 amide bonds. The highest BCUT2D eigenvalue weighted by molar-refractivity contribution is 5.88. The molecule has 132 valence electrons. The minimum Gasteiger partial charge on any atom is -0.487 e. The third kappa shape index (κ3) is 1.65. The van der Waals surface area contributed by atoms with Gasteiger partial charge in [-0.3, -0.25) is 0 Å². The lowest BCUT2D eigenvalue weighted by molar-refractivity contribution is -0.184. The zero-order valence-electron chi connectivity index (χ0n) is 14.9. The van der Waals surface area contributed by atoms with E-state index in [1.807, 2.05) is 6.92 Å². The molecule has 0 unspecified atom stereocenters. The van der Waals surface area contributed by atoms with Gasteiger partial charge in [-0.25, -0.2) is 4.79 Å². The number of benzene rings is 1. The normalized spacial score (nSPS) is 37.3. The van der Waals surface area contributed by atoms with Gasteiger partial charge in [-0.1, -0.05) is 6.92 Å². The molecule has 0 saturated heterocycles. The molecule has 2 aliphatic heterocycles. The highest BCUT2D eigenvalue weighted by Gasteiger charge is 2.65. The van der Waals surface area contributed by atoms with E-state index in [0.29, 0.717) is 17.1 Å². The van der Waals surface area contributed by atoms with Crippen molar-refractivity contribution in [2.75, 3.05) is 0 Å². The van der Waals surface area contributed by atoms with Gasteiger partial charge in [0.25, 0.3) is 0 Å². The van der Waals surface area contributed by atoms with E-state index in [9.17, 15) is 9.90 Å². The quantitative estimate of drug-likeness (QED) is 0.744. The standard InChI is InChI=1S/C20H22O5/c1-18(2)19(3)7-8-20(4)17(22)15(19)14-12(24-18)9-11-10(16(14)25-20)5-6-13(21)23-11/h5-6,9,15,17,22H,7-8H2,1-4H3/t15-,17+,19-,20-/m1/s1. The van der Waals surface area contributed by atoms with Gasteiger partial charge in [-0.05, 0) is 39.7 Å². The first kappa shape index (κ1) is 15.3. The Kier molecular flexibility index (Phi) is 2.57. The molecule has 1 aromatic carbocycles. The van der Waals surface area contributed by atoms with Gasteiger partial charge in [-0.2, -0.15) is 0 Å². The Balaban J connectivity index is 1.93. The SMILES string of the molecule is CC1(C)Oc2cc3oc(=O)ccc3c3c2[C@@H]2[C@H](O)[C@@](C)(CC[C@]21C)O3. The first-order valence-corrected chi connectivity index (χ1v) is 8.83. The van der Waals surface area contributed by atoms with E-state index in [4.69, 9.17) is 13.9 Å². The number of aliphatic hydroxyl groups is 1. The molecule has 3 heterocycles. The van der Waals surface area contributed by atoms with E-state index in [0.717, 1.165) is 23.8 Å². The molecule has 3 aliphatic rings. The van der Waals surface area contributed by atoms with E-state index >= 15 is 0 Å². The Morgan fingerprint density at radius 2 is 1.88 bits per heavy atom. The van der Waals surface area contributed by atoms with E-state index in [2.05, 4.69) is 20.8 Å². The summed E-state index contributed by atoms with van der Waals surface area (Å²) in [6.45, 7) is 8.33. The molecule has 1 saturated carbocycles. The second-order valence-corrected chi connectivity index (χ2v) is 8.65. The highest BCUT2D eigenvalue weighted by Crippen LogP contribution is 2.66. The van der Waals surface area contributed by atoms with E-state index in [1.54, 1.807) is 12.1 Å². The van der Waals surface area contributed by atoms with Crippen molar-refractivity contribution < 1.29 is 19.0 Å². The van der Waals surface area contributed by atoms with E-state index in [1.165, 1.54) is 6.07 Å². The van der Waals surface area contributed by atoms with Gasteiger partial charge in [0.05, 0.1) is 5.39 Å². The summed E-state index contributed by atoms with van der Waals surface area (Å²) < 4.78 is 18.1. The molecular weight excluding hydrogens is 320 g/mol. The monoisotopic (exact) mass is 342 g/mol.